The van der Waals surface area contributed by atoms with Crippen LogP contribution in [0.5, 0.6) is 0 Å². The van der Waals surface area contributed by atoms with Crippen molar-refractivity contribution in [2.24, 2.45) is 5.14 Å². The minimum Gasteiger partial charge on any atom is -0.379 e. The molecule has 1 aliphatic rings. The Morgan fingerprint density at radius 1 is 1.50 bits per heavy atom. The molecule has 1 atom stereocenters. The fraction of sp³-hybridized carbons (Fsp3) is 0.417. The molecule has 3 N–H and O–H groups in total. The Kier molecular flexibility index (Phi) is 4.33. The highest BCUT2D eigenvalue weighted by Crippen LogP contribution is 2.24. The summed E-state index contributed by atoms with van der Waals surface area (Å²) in [5.41, 5.74) is 0.492. The molecule has 0 saturated carbocycles. The van der Waals surface area contributed by atoms with Crippen LogP contribution < -0.4 is 10.5 Å². The first-order valence-corrected chi connectivity index (χ1v) is 7.93. The zero-order chi connectivity index (χ0) is 14.9. The van der Waals surface area contributed by atoms with Gasteiger partial charge in [-0.1, -0.05) is 11.6 Å². The third-order valence-corrected chi connectivity index (χ3v) is 4.56. The molecule has 20 heavy (non-hydrogen) atoms. The van der Waals surface area contributed by atoms with E-state index in [1.165, 1.54) is 19.1 Å². The lowest BCUT2D eigenvalue weighted by Gasteiger charge is -2.13. The summed E-state index contributed by atoms with van der Waals surface area (Å²) in [6, 6.07) is 2.60. The number of rotatable bonds is 3. The molecule has 1 aliphatic heterocycles. The van der Waals surface area contributed by atoms with Crippen LogP contribution in [0, 0.1) is 6.92 Å². The molecule has 1 saturated heterocycles. The zero-order valence-corrected chi connectivity index (χ0v) is 12.4. The molecule has 0 spiro atoms. The molecule has 0 bridgehead atoms. The Morgan fingerprint density at radius 3 is 2.75 bits per heavy atom. The molecule has 1 unspecified atom stereocenters. The van der Waals surface area contributed by atoms with E-state index in [2.05, 4.69) is 5.32 Å². The van der Waals surface area contributed by atoms with Crippen LogP contribution in [0.15, 0.2) is 17.0 Å². The number of hydrogen-bond acceptors (Lipinski definition) is 4. The molecular weight excluding hydrogens is 304 g/mol. The highest BCUT2D eigenvalue weighted by atomic mass is 35.5. The fourth-order valence-electron chi connectivity index (χ4n) is 2.00. The number of hydrogen-bond donors (Lipinski definition) is 2. The van der Waals surface area contributed by atoms with Crippen molar-refractivity contribution in [3.63, 3.8) is 0 Å². The monoisotopic (exact) mass is 318 g/mol. The van der Waals surface area contributed by atoms with Crippen LogP contribution in [0.4, 0.5) is 0 Å². The largest absolute Gasteiger partial charge is 0.379 e. The molecule has 1 aromatic rings. The minimum atomic E-state index is -3.93. The first kappa shape index (κ1) is 15.2. The topological polar surface area (TPSA) is 98.5 Å². The molecule has 2 rings (SSSR count). The molecular formula is C12H15ClN2O4S. The van der Waals surface area contributed by atoms with E-state index >= 15 is 0 Å². The summed E-state index contributed by atoms with van der Waals surface area (Å²) in [6.45, 7) is 2.59. The van der Waals surface area contributed by atoms with Crippen LogP contribution >= 0.6 is 11.6 Å². The van der Waals surface area contributed by atoms with Crippen LogP contribution in [0.2, 0.25) is 5.02 Å². The van der Waals surface area contributed by atoms with Crippen LogP contribution in [0.25, 0.3) is 0 Å². The third-order valence-electron chi connectivity index (χ3n) is 3.13. The van der Waals surface area contributed by atoms with Gasteiger partial charge in [0, 0.05) is 17.2 Å². The van der Waals surface area contributed by atoms with E-state index in [4.69, 9.17) is 21.5 Å². The van der Waals surface area contributed by atoms with E-state index in [1.54, 1.807) is 0 Å². The summed E-state index contributed by atoms with van der Waals surface area (Å²) in [5, 5.41) is 8.07. The number of carbonyl (C=O) groups is 1. The van der Waals surface area contributed by atoms with Crippen LogP contribution in [-0.4, -0.2) is 33.6 Å². The first-order chi connectivity index (χ1) is 9.29. The fourth-order valence-corrected chi connectivity index (χ4v) is 3.10. The number of sulfonamides is 1. The lowest BCUT2D eigenvalue weighted by atomic mass is 10.1. The second-order valence-corrected chi connectivity index (χ2v) is 6.60. The maximum absolute atomic E-state index is 12.1. The van der Waals surface area contributed by atoms with Gasteiger partial charge in [0.15, 0.2) is 0 Å². The lowest BCUT2D eigenvalue weighted by molar-refractivity contribution is 0.0929. The van der Waals surface area contributed by atoms with Crippen LogP contribution in [0.3, 0.4) is 0 Å². The number of halogens is 1. The van der Waals surface area contributed by atoms with Gasteiger partial charge in [-0.25, -0.2) is 13.6 Å². The van der Waals surface area contributed by atoms with Crippen molar-refractivity contribution in [2.45, 2.75) is 24.3 Å². The van der Waals surface area contributed by atoms with Crippen molar-refractivity contribution in [1.82, 2.24) is 5.32 Å². The maximum atomic E-state index is 12.1. The van der Waals surface area contributed by atoms with Gasteiger partial charge < -0.3 is 10.1 Å². The van der Waals surface area contributed by atoms with Crippen LogP contribution in [-0.2, 0) is 14.8 Å². The summed E-state index contributed by atoms with van der Waals surface area (Å²) in [5.74, 6) is -0.396. The van der Waals surface area contributed by atoms with E-state index in [-0.39, 0.29) is 21.5 Å². The zero-order valence-electron chi connectivity index (χ0n) is 10.8. The highest BCUT2D eigenvalue weighted by molar-refractivity contribution is 7.89. The van der Waals surface area contributed by atoms with Gasteiger partial charge in [0.2, 0.25) is 10.0 Å². The predicted octanol–water partition coefficient (Wildman–Crippen LogP) is 0.815. The Hall–Kier alpha value is -1.15. The molecule has 1 amide bonds. The van der Waals surface area contributed by atoms with Gasteiger partial charge in [-0.05, 0) is 31.0 Å². The SMILES string of the molecule is Cc1c(Cl)cc(C(=O)NC2CCOC2)cc1S(N)(=O)=O. The minimum absolute atomic E-state index is 0.0690. The second kappa shape index (κ2) is 5.69. The second-order valence-electron chi connectivity index (χ2n) is 4.66. The molecule has 1 aromatic carbocycles. The van der Waals surface area contributed by atoms with Crippen molar-refractivity contribution in [2.75, 3.05) is 13.2 Å². The average Bonchev–Trinajstić information content (AvgIpc) is 2.83. The lowest BCUT2D eigenvalue weighted by Crippen LogP contribution is -2.35. The van der Waals surface area contributed by atoms with Gasteiger partial charge in [-0.15, -0.1) is 0 Å². The molecule has 6 nitrogen and oxygen atoms in total. The summed E-state index contributed by atoms with van der Waals surface area (Å²) in [7, 11) is -3.93. The maximum Gasteiger partial charge on any atom is 0.251 e. The quantitative estimate of drug-likeness (QED) is 0.861. The third kappa shape index (κ3) is 3.29. The molecule has 0 aliphatic carbocycles. The Labute approximate surface area is 122 Å². The van der Waals surface area contributed by atoms with Gasteiger partial charge in [-0.3, -0.25) is 4.79 Å². The molecule has 1 heterocycles. The summed E-state index contributed by atoms with van der Waals surface area (Å²) in [6.07, 6.45) is 0.730. The molecule has 0 radical (unpaired) electrons. The summed E-state index contributed by atoms with van der Waals surface area (Å²) >= 11 is 5.96. The Morgan fingerprint density at radius 2 is 2.20 bits per heavy atom. The number of carbonyl (C=O) groups excluding carboxylic acids is 1. The van der Waals surface area contributed by atoms with E-state index in [0.29, 0.717) is 18.8 Å². The summed E-state index contributed by atoms with van der Waals surface area (Å²) < 4.78 is 28.1. The molecule has 0 aromatic heterocycles. The number of nitrogens with two attached hydrogens (primary N) is 1. The van der Waals surface area contributed by atoms with Crippen LogP contribution in [0.1, 0.15) is 22.3 Å². The van der Waals surface area contributed by atoms with E-state index < -0.39 is 15.9 Å². The van der Waals surface area contributed by atoms with Gasteiger partial charge >= 0.3 is 0 Å². The number of ether oxygens (including phenoxy) is 1. The van der Waals surface area contributed by atoms with Gasteiger partial charge in [0.25, 0.3) is 5.91 Å². The number of amides is 1. The van der Waals surface area contributed by atoms with Crippen molar-refractivity contribution >= 4 is 27.5 Å². The Bertz CT molecular complexity index is 639. The van der Waals surface area contributed by atoms with Crippen molar-refractivity contribution in [3.05, 3.63) is 28.3 Å². The van der Waals surface area contributed by atoms with Crippen molar-refractivity contribution in [3.8, 4) is 0 Å². The number of benzene rings is 1. The van der Waals surface area contributed by atoms with Crippen molar-refractivity contribution in [1.29, 1.82) is 0 Å². The number of primary sulfonamides is 1. The van der Waals surface area contributed by atoms with E-state index in [1.807, 2.05) is 0 Å². The number of nitrogens with one attached hydrogen (secondary N) is 1. The van der Waals surface area contributed by atoms with Gasteiger partial charge in [0.1, 0.15) is 0 Å². The highest BCUT2D eigenvalue weighted by Gasteiger charge is 2.21. The Balaban J connectivity index is 2.32. The van der Waals surface area contributed by atoms with Gasteiger partial charge in [0.05, 0.1) is 17.5 Å². The van der Waals surface area contributed by atoms with E-state index in [9.17, 15) is 13.2 Å². The molecule has 1 fully saturated rings. The normalized spacial score (nSPS) is 19.1. The van der Waals surface area contributed by atoms with Gasteiger partial charge in [-0.2, -0.15) is 0 Å². The molecule has 8 heteroatoms. The summed E-state index contributed by atoms with van der Waals surface area (Å²) in [4.78, 5) is 11.9. The first-order valence-electron chi connectivity index (χ1n) is 6.00. The molecule has 110 valence electrons. The smallest absolute Gasteiger partial charge is 0.251 e. The average molecular weight is 319 g/mol. The standard InChI is InChI=1S/C12H15ClN2O4S/c1-7-10(13)4-8(5-11(7)20(14,17)18)12(16)15-9-2-3-19-6-9/h4-5,9H,2-3,6H2,1H3,(H,15,16)(H2,14,17,18). The predicted molar refractivity (Wildman–Crippen MR) is 74.3 cm³/mol. The van der Waals surface area contributed by atoms with E-state index in [0.717, 1.165) is 6.42 Å². The van der Waals surface area contributed by atoms with Crippen molar-refractivity contribution < 1.29 is 17.9 Å².